The second kappa shape index (κ2) is 7.01. The van der Waals surface area contributed by atoms with Crippen LogP contribution in [0.15, 0.2) is 4.52 Å². The fourth-order valence-electron chi connectivity index (χ4n) is 1.38. The normalized spacial score (nSPS) is 16.8. The van der Waals surface area contributed by atoms with E-state index in [9.17, 15) is 0 Å². The van der Waals surface area contributed by atoms with Crippen molar-refractivity contribution in [3.8, 4) is 0 Å². The van der Waals surface area contributed by atoms with Crippen LogP contribution >= 0.6 is 11.8 Å². The summed E-state index contributed by atoms with van der Waals surface area (Å²) in [7, 11) is 0. The molecule has 5 heteroatoms. The predicted molar refractivity (Wildman–Crippen MR) is 72.0 cm³/mol. The average molecular weight is 257 g/mol. The molecule has 0 saturated heterocycles. The average Bonchev–Trinajstić information content (AvgIpc) is 2.82. The van der Waals surface area contributed by atoms with Gasteiger partial charge in [-0.25, -0.2) is 0 Å². The van der Waals surface area contributed by atoms with Gasteiger partial charge in [-0.05, 0) is 12.8 Å². The fraction of sp³-hybridized carbons (Fsp3) is 0.833. The van der Waals surface area contributed by atoms with Crippen molar-refractivity contribution in [3.63, 3.8) is 0 Å². The number of hydrogen-bond acceptors (Lipinski definition) is 5. The van der Waals surface area contributed by atoms with Gasteiger partial charge >= 0.3 is 0 Å². The first-order valence-electron chi connectivity index (χ1n) is 6.28. The first kappa shape index (κ1) is 14.5. The lowest BCUT2D eigenvalue weighted by Gasteiger charge is -2.13. The minimum absolute atomic E-state index is 0.0884. The van der Waals surface area contributed by atoms with Crippen LogP contribution in [0.5, 0.6) is 0 Å². The molecular formula is C12H23N3OS. The molecule has 0 aliphatic heterocycles. The predicted octanol–water partition coefficient (Wildman–Crippen LogP) is 2.94. The molecular weight excluding hydrogens is 234 g/mol. The van der Waals surface area contributed by atoms with E-state index in [0.29, 0.717) is 11.1 Å². The Morgan fingerprint density at radius 1 is 1.29 bits per heavy atom. The molecule has 0 saturated carbocycles. The highest BCUT2D eigenvalue weighted by molar-refractivity contribution is 7.99. The fourth-order valence-corrected chi connectivity index (χ4v) is 2.17. The standard InChI is InChI=1S/C12H23N3OS/c1-5-8(3)17-7-11-14-12(16-15-11)9(4)10(13)6-2/h8-10H,5-7,13H2,1-4H3. The third kappa shape index (κ3) is 4.32. The summed E-state index contributed by atoms with van der Waals surface area (Å²) >= 11 is 1.85. The summed E-state index contributed by atoms with van der Waals surface area (Å²) in [5.41, 5.74) is 5.97. The summed E-state index contributed by atoms with van der Waals surface area (Å²) in [4.78, 5) is 4.41. The molecule has 4 nitrogen and oxygen atoms in total. The molecule has 17 heavy (non-hydrogen) atoms. The van der Waals surface area contributed by atoms with E-state index < -0.39 is 0 Å². The Morgan fingerprint density at radius 3 is 2.59 bits per heavy atom. The highest BCUT2D eigenvalue weighted by Gasteiger charge is 2.19. The lowest BCUT2D eigenvalue weighted by Crippen LogP contribution is -2.25. The van der Waals surface area contributed by atoms with Gasteiger partial charge in [-0.3, -0.25) is 0 Å². The Hall–Kier alpha value is -0.550. The molecule has 0 fully saturated rings. The number of nitrogens with zero attached hydrogens (tertiary/aromatic N) is 2. The molecule has 0 aliphatic carbocycles. The van der Waals surface area contributed by atoms with Crippen LogP contribution in [0.25, 0.3) is 0 Å². The van der Waals surface area contributed by atoms with Gasteiger partial charge in [-0.2, -0.15) is 16.7 Å². The summed E-state index contributed by atoms with van der Waals surface area (Å²) in [6, 6.07) is 0.0884. The van der Waals surface area contributed by atoms with E-state index in [2.05, 4.69) is 30.9 Å². The molecule has 0 spiro atoms. The van der Waals surface area contributed by atoms with E-state index in [1.54, 1.807) is 0 Å². The van der Waals surface area contributed by atoms with Crippen molar-refractivity contribution < 1.29 is 4.52 Å². The van der Waals surface area contributed by atoms with Gasteiger partial charge in [0, 0.05) is 11.3 Å². The summed E-state index contributed by atoms with van der Waals surface area (Å²) in [5.74, 6) is 2.39. The zero-order chi connectivity index (χ0) is 12.8. The third-order valence-corrected chi connectivity index (χ3v) is 4.39. The van der Waals surface area contributed by atoms with E-state index in [1.165, 1.54) is 0 Å². The quantitative estimate of drug-likeness (QED) is 0.813. The molecule has 0 aliphatic rings. The summed E-state index contributed by atoms with van der Waals surface area (Å²) < 4.78 is 5.26. The van der Waals surface area contributed by atoms with E-state index in [0.717, 1.165) is 24.4 Å². The summed E-state index contributed by atoms with van der Waals surface area (Å²) in [5, 5.41) is 4.63. The Morgan fingerprint density at radius 2 is 2.00 bits per heavy atom. The molecule has 1 aromatic rings. The Bertz CT molecular complexity index is 329. The van der Waals surface area contributed by atoms with Crippen LogP contribution in [0.3, 0.4) is 0 Å². The Balaban J connectivity index is 2.53. The maximum absolute atomic E-state index is 5.97. The lowest BCUT2D eigenvalue weighted by molar-refractivity contribution is 0.337. The van der Waals surface area contributed by atoms with Gasteiger partial charge in [0.25, 0.3) is 0 Å². The van der Waals surface area contributed by atoms with Crippen molar-refractivity contribution in [2.24, 2.45) is 5.73 Å². The van der Waals surface area contributed by atoms with Crippen molar-refractivity contribution in [2.45, 2.75) is 63.5 Å². The second-order valence-electron chi connectivity index (χ2n) is 4.44. The van der Waals surface area contributed by atoms with Gasteiger partial charge in [-0.15, -0.1) is 0 Å². The van der Waals surface area contributed by atoms with Crippen LogP contribution in [0.2, 0.25) is 0 Å². The molecule has 0 bridgehead atoms. The molecule has 1 heterocycles. The Kier molecular flexibility index (Phi) is 5.98. The zero-order valence-electron chi connectivity index (χ0n) is 11.1. The number of rotatable bonds is 7. The second-order valence-corrected chi connectivity index (χ2v) is 5.87. The third-order valence-electron chi connectivity index (χ3n) is 3.06. The minimum atomic E-state index is 0.0884. The molecule has 0 aromatic carbocycles. The molecule has 0 radical (unpaired) electrons. The largest absolute Gasteiger partial charge is 0.339 e. The first-order valence-corrected chi connectivity index (χ1v) is 7.32. The van der Waals surface area contributed by atoms with Gasteiger partial charge in [0.15, 0.2) is 5.82 Å². The van der Waals surface area contributed by atoms with Crippen LogP contribution < -0.4 is 5.73 Å². The monoisotopic (exact) mass is 257 g/mol. The Labute approximate surface area is 108 Å². The van der Waals surface area contributed by atoms with Gasteiger partial charge < -0.3 is 10.3 Å². The topological polar surface area (TPSA) is 64.9 Å². The molecule has 1 rings (SSSR count). The van der Waals surface area contributed by atoms with Crippen molar-refractivity contribution in [1.29, 1.82) is 0 Å². The maximum Gasteiger partial charge on any atom is 0.231 e. The first-order chi connectivity index (χ1) is 8.08. The highest BCUT2D eigenvalue weighted by Crippen LogP contribution is 2.21. The molecule has 98 valence electrons. The number of nitrogens with two attached hydrogens (primary N) is 1. The number of hydrogen-bond donors (Lipinski definition) is 1. The van der Waals surface area contributed by atoms with Crippen LogP contribution in [0.1, 0.15) is 58.2 Å². The van der Waals surface area contributed by atoms with E-state index >= 15 is 0 Å². The van der Waals surface area contributed by atoms with Gasteiger partial charge in [0.2, 0.25) is 5.89 Å². The SMILES string of the molecule is CCC(C)SCc1noc(C(C)C(N)CC)n1. The van der Waals surface area contributed by atoms with Gasteiger partial charge in [-0.1, -0.05) is 32.9 Å². The van der Waals surface area contributed by atoms with E-state index in [-0.39, 0.29) is 12.0 Å². The maximum atomic E-state index is 5.97. The van der Waals surface area contributed by atoms with Crippen molar-refractivity contribution >= 4 is 11.8 Å². The zero-order valence-corrected chi connectivity index (χ0v) is 12.0. The van der Waals surface area contributed by atoms with Crippen molar-refractivity contribution in [1.82, 2.24) is 10.1 Å². The smallest absolute Gasteiger partial charge is 0.231 e. The van der Waals surface area contributed by atoms with Gasteiger partial charge in [0.1, 0.15) is 0 Å². The van der Waals surface area contributed by atoms with Crippen molar-refractivity contribution in [3.05, 3.63) is 11.7 Å². The highest BCUT2D eigenvalue weighted by atomic mass is 32.2. The van der Waals surface area contributed by atoms with Crippen LogP contribution in [0, 0.1) is 0 Å². The number of aromatic nitrogens is 2. The van der Waals surface area contributed by atoms with Crippen LogP contribution in [0.4, 0.5) is 0 Å². The summed E-state index contributed by atoms with van der Waals surface area (Å²) in [6.07, 6.45) is 2.08. The minimum Gasteiger partial charge on any atom is -0.339 e. The molecule has 3 unspecified atom stereocenters. The number of thioether (sulfide) groups is 1. The van der Waals surface area contributed by atoms with Crippen LogP contribution in [-0.4, -0.2) is 21.4 Å². The van der Waals surface area contributed by atoms with Crippen molar-refractivity contribution in [2.75, 3.05) is 0 Å². The van der Waals surface area contributed by atoms with E-state index in [1.807, 2.05) is 18.7 Å². The molecule has 1 aromatic heterocycles. The lowest BCUT2D eigenvalue weighted by atomic mass is 10.0. The molecule has 0 amide bonds. The molecule has 2 N–H and O–H groups in total. The van der Waals surface area contributed by atoms with Gasteiger partial charge in [0.05, 0.1) is 11.7 Å². The van der Waals surface area contributed by atoms with E-state index in [4.69, 9.17) is 10.3 Å². The summed E-state index contributed by atoms with van der Waals surface area (Å²) in [6.45, 7) is 8.49. The molecule has 3 atom stereocenters. The van der Waals surface area contributed by atoms with Crippen LogP contribution in [-0.2, 0) is 5.75 Å².